The van der Waals surface area contributed by atoms with Gasteiger partial charge in [-0.1, -0.05) is 30.3 Å². The largest absolute Gasteiger partial charge is 0.463 e. The molecule has 0 radical (unpaired) electrons. The number of nitrogens with one attached hydrogen (secondary N) is 2. The van der Waals surface area contributed by atoms with E-state index < -0.39 is 78.3 Å². The van der Waals surface area contributed by atoms with Gasteiger partial charge in [-0.2, -0.15) is 4.39 Å². The molecule has 0 saturated carbocycles. The average Bonchev–Trinajstić information content (AvgIpc) is 2.86. The van der Waals surface area contributed by atoms with Crippen LogP contribution in [0, 0.1) is 5.82 Å². The number of carbonyl (C=O) groups is 4. The minimum Gasteiger partial charge on any atom is -0.463 e. The van der Waals surface area contributed by atoms with Gasteiger partial charge < -0.3 is 29.0 Å². The van der Waals surface area contributed by atoms with E-state index in [1.54, 1.807) is 35.3 Å². The highest BCUT2D eigenvalue weighted by molar-refractivity contribution is 5.69. The number of amides is 1. The van der Waals surface area contributed by atoms with Crippen LogP contribution in [0.3, 0.4) is 0 Å². The van der Waals surface area contributed by atoms with Gasteiger partial charge >= 0.3 is 29.7 Å². The van der Waals surface area contributed by atoms with E-state index in [4.69, 9.17) is 23.7 Å². The van der Waals surface area contributed by atoms with Crippen molar-refractivity contribution in [2.45, 2.75) is 58.0 Å². The summed E-state index contributed by atoms with van der Waals surface area (Å²) in [7, 11) is 0. The maximum atomic E-state index is 14.2. The predicted molar refractivity (Wildman–Crippen MR) is 126 cm³/mol. The highest BCUT2D eigenvalue weighted by Gasteiger charge is 2.52. The van der Waals surface area contributed by atoms with Crippen LogP contribution >= 0.6 is 0 Å². The van der Waals surface area contributed by atoms with Crippen molar-refractivity contribution in [3.63, 3.8) is 0 Å². The molecular formula is C24H26FN3O11. The van der Waals surface area contributed by atoms with Gasteiger partial charge in [-0.3, -0.25) is 28.7 Å². The fourth-order valence-corrected chi connectivity index (χ4v) is 3.86. The van der Waals surface area contributed by atoms with Crippen molar-refractivity contribution < 1.29 is 47.3 Å². The van der Waals surface area contributed by atoms with E-state index in [2.05, 4.69) is 5.32 Å². The lowest BCUT2D eigenvalue weighted by atomic mass is 9.95. The summed E-state index contributed by atoms with van der Waals surface area (Å²) in [4.78, 5) is 74.3. The summed E-state index contributed by atoms with van der Waals surface area (Å²) in [6, 6.07) is 7.06. The first-order chi connectivity index (χ1) is 18.5. The maximum Gasteiger partial charge on any atom is 0.407 e. The number of carbonyl (C=O) groups excluding carboxylic acids is 4. The predicted octanol–water partition coefficient (Wildman–Crippen LogP) is 0.295. The van der Waals surface area contributed by atoms with E-state index in [1.165, 1.54) is 0 Å². The van der Waals surface area contributed by atoms with Crippen molar-refractivity contribution in [2.75, 3.05) is 6.61 Å². The highest BCUT2D eigenvalue weighted by Crippen LogP contribution is 2.32. The van der Waals surface area contributed by atoms with E-state index >= 15 is 0 Å². The molecule has 1 saturated heterocycles. The zero-order chi connectivity index (χ0) is 28.7. The van der Waals surface area contributed by atoms with Crippen molar-refractivity contribution >= 4 is 24.0 Å². The van der Waals surface area contributed by atoms with Gasteiger partial charge in [0.2, 0.25) is 5.82 Å². The molecule has 1 aliphatic heterocycles. The molecule has 1 fully saturated rings. The number of aromatic nitrogens is 2. The molecule has 1 amide bonds. The summed E-state index contributed by atoms with van der Waals surface area (Å²) in [6.07, 6.45) is -6.61. The number of aromatic amines is 1. The van der Waals surface area contributed by atoms with Gasteiger partial charge in [-0.25, -0.2) is 9.59 Å². The third kappa shape index (κ3) is 7.73. The van der Waals surface area contributed by atoms with E-state index in [0.717, 1.165) is 20.8 Å². The van der Waals surface area contributed by atoms with Gasteiger partial charge in [0.1, 0.15) is 25.4 Å². The summed E-state index contributed by atoms with van der Waals surface area (Å²) in [5.41, 5.74) is -1.82. The van der Waals surface area contributed by atoms with Gasteiger partial charge in [0.05, 0.1) is 6.20 Å². The lowest BCUT2D eigenvalue weighted by molar-refractivity contribution is -0.237. The number of rotatable bonds is 8. The summed E-state index contributed by atoms with van der Waals surface area (Å²) in [6.45, 7) is 2.47. The second-order valence-corrected chi connectivity index (χ2v) is 8.39. The van der Waals surface area contributed by atoms with Gasteiger partial charge in [0, 0.05) is 20.8 Å². The Morgan fingerprint density at radius 3 is 2.23 bits per heavy atom. The van der Waals surface area contributed by atoms with E-state index in [0.29, 0.717) is 16.3 Å². The van der Waals surface area contributed by atoms with Crippen LogP contribution in [0.4, 0.5) is 9.18 Å². The molecule has 0 aliphatic carbocycles. The van der Waals surface area contributed by atoms with Crippen molar-refractivity contribution in [1.29, 1.82) is 0 Å². The Morgan fingerprint density at radius 1 is 0.974 bits per heavy atom. The number of benzene rings is 1. The molecule has 2 heterocycles. The zero-order valence-corrected chi connectivity index (χ0v) is 21.1. The normalized spacial score (nSPS) is 22.3. The van der Waals surface area contributed by atoms with Gasteiger partial charge in [-0.05, 0) is 5.56 Å². The van der Waals surface area contributed by atoms with E-state index in [9.17, 15) is 33.2 Å². The van der Waals surface area contributed by atoms with Crippen LogP contribution in [0.15, 0.2) is 46.1 Å². The molecule has 0 bridgehead atoms. The summed E-state index contributed by atoms with van der Waals surface area (Å²) in [5.74, 6) is -3.83. The third-order valence-electron chi connectivity index (χ3n) is 5.42. The maximum absolute atomic E-state index is 14.2. The number of nitrogens with zero attached hydrogens (tertiary/aromatic N) is 1. The molecule has 0 spiro atoms. The topological polar surface area (TPSA) is 181 Å². The first-order valence-electron chi connectivity index (χ1n) is 11.6. The van der Waals surface area contributed by atoms with Crippen LogP contribution in [0.1, 0.15) is 32.6 Å². The van der Waals surface area contributed by atoms with Crippen molar-refractivity contribution in [2.24, 2.45) is 0 Å². The fourth-order valence-electron chi connectivity index (χ4n) is 3.86. The lowest BCUT2D eigenvalue weighted by Gasteiger charge is -2.45. The number of H-pyrrole nitrogens is 1. The second kappa shape index (κ2) is 12.8. The summed E-state index contributed by atoms with van der Waals surface area (Å²) >= 11 is 0. The lowest BCUT2D eigenvalue weighted by Crippen LogP contribution is -2.65. The van der Waals surface area contributed by atoms with Crippen molar-refractivity contribution in [1.82, 2.24) is 14.9 Å². The van der Waals surface area contributed by atoms with E-state index in [-0.39, 0.29) is 6.61 Å². The molecule has 39 heavy (non-hydrogen) atoms. The van der Waals surface area contributed by atoms with Crippen LogP contribution in [-0.4, -0.2) is 64.5 Å². The second-order valence-electron chi connectivity index (χ2n) is 8.39. The van der Waals surface area contributed by atoms with Crippen LogP contribution in [-0.2, 0) is 44.7 Å². The molecule has 14 nitrogen and oxygen atoms in total. The minimum absolute atomic E-state index is 0.168. The molecule has 210 valence electrons. The zero-order valence-electron chi connectivity index (χ0n) is 21.1. The van der Waals surface area contributed by atoms with Gasteiger partial charge in [0.25, 0.3) is 5.56 Å². The Balaban J connectivity index is 2.05. The summed E-state index contributed by atoms with van der Waals surface area (Å²) in [5, 5.41) is 2.41. The quantitative estimate of drug-likeness (QED) is 0.340. The molecule has 1 aliphatic rings. The Bertz CT molecular complexity index is 1330. The number of esters is 3. The average molecular weight is 551 g/mol. The van der Waals surface area contributed by atoms with Crippen LogP contribution in [0.2, 0.25) is 0 Å². The van der Waals surface area contributed by atoms with Crippen LogP contribution in [0.5, 0.6) is 0 Å². The van der Waals surface area contributed by atoms with Crippen LogP contribution in [0.25, 0.3) is 0 Å². The molecule has 5 atom stereocenters. The number of ether oxygens (including phenoxy) is 5. The Morgan fingerprint density at radius 2 is 1.62 bits per heavy atom. The molecule has 2 aromatic rings. The first-order valence-corrected chi connectivity index (χ1v) is 11.6. The number of hydrogen-bond acceptors (Lipinski definition) is 11. The standard InChI is InChI=1S/C24H26FN3O11/c1-12(29)35-11-17-19(37-13(2)30)20(38-14(3)31)18(26-24(34)36-10-15-7-5-4-6-8-15)22(39-17)28-9-16(25)21(32)27-23(28)33/h4-9,17-20,22H,10-11H2,1-3H3,(H,26,34)(H,27,32,33)/t17-,18+,19-,20-,22-/m1/s1. The van der Waals surface area contributed by atoms with E-state index in [1.807, 2.05) is 0 Å². The van der Waals surface area contributed by atoms with Crippen LogP contribution < -0.4 is 16.6 Å². The first kappa shape index (κ1) is 29.0. The number of hydrogen-bond donors (Lipinski definition) is 2. The van der Waals surface area contributed by atoms with Crippen molar-refractivity contribution in [3.8, 4) is 0 Å². The Kier molecular flexibility index (Phi) is 9.54. The van der Waals surface area contributed by atoms with Gasteiger partial charge in [0.15, 0.2) is 18.4 Å². The fraction of sp³-hybridized carbons (Fsp3) is 0.417. The minimum atomic E-state index is -1.68. The molecule has 15 heteroatoms. The van der Waals surface area contributed by atoms with Crippen molar-refractivity contribution in [3.05, 3.63) is 68.7 Å². The highest BCUT2D eigenvalue weighted by atomic mass is 19.1. The molecular weight excluding hydrogens is 525 g/mol. The van der Waals surface area contributed by atoms with Gasteiger partial charge in [-0.15, -0.1) is 0 Å². The molecule has 1 aromatic heterocycles. The monoisotopic (exact) mass is 551 g/mol. The Hall–Kier alpha value is -4.53. The Labute approximate surface area is 219 Å². The SMILES string of the molecule is CC(=O)OC[C@H]1O[C@@H](n2cc(F)c(=O)[nH]c2=O)[C@@H](NC(=O)OCc2ccccc2)[C@@H](OC(C)=O)[C@@H]1OC(C)=O. The third-order valence-corrected chi connectivity index (χ3v) is 5.42. The number of halogens is 1. The molecule has 2 N–H and O–H groups in total. The summed E-state index contributed by atoms with van der Waals surface area (Å²) < 4.78 is 41.6. The number of alkyl carbamates (subject to hydrolysis) is 1. The smallest absolute Gasteiger partial charge is 0.407 e. The molecule has 3 rings (SSSR count). The molecule has 1 aromatic carbocycles. The molecule has 0 unspecified atom stereocenters.